The second-order valence-corrected chi connectivity index (χ2v) is 4.63. The largest absolute Gasteiger partial charge is 0.494 e. The third-order valence-corrected chi connectivity index (χ3v) is 3.21. The van der Waals surface area contributed by atoms with E-state index in [4.69, 9.17) is 10.5 Å². The molecule has 2 N–H and O–H groups in total. The van der Waals surface area contributed by atoms with Gasteiger partial charge in [0.25, 0.3) is 0 Å². The zero-order chi connectivity index (χ0) is 12.1. The summed E-state index contributed by atoms with van der Waals surface area (Å²) in [7, 11) is 0. The quantitative estimate of drug-likeness (QED) is 0.582. The molecule has 0 atom stereocenters. The fourth-order valence-electron chi connectivity index (χ4n) is 2.06. The fourth-order valence-corrected chi connectivity index (χ4v) is 2.06. The molecule has 1 aliphatic carbocycles. The van der Waals surface area contributed by atoms with Crippen LogP contribution in [0.25, 0.3) is 0 Å². The monoisotopic (exact) mass is 234 g/mol. The molecule has 0 aliphatic heterocycles. The van der Waals surface area contributed by atoms with Gasteiger partial charge in [-0.05, 0) is 50.1 Å². The Morgan fingerprint density at radius 2 is 2.00 bits per heavy atom. The molecule has 94 valence electrons. The highest BCUT2D eigenvalue weighted by atomic mass is 16.5. The van der Waals surface area contributed by atoms with E-state index in [-0.39, 0.29) is 0 Å². The standard InChI is InChI=1S/C14H22N2O/c1-2-16(13-6-7-13)10-3-11-17-14-8-4-12(15)5-9-14/h4-5,8-9,13H,2-3,6-7,10-11,15H2,1H3. The van der Waals surface area contributed by atoms with Crippen LogP contribution in [0.1, 0.15) is 26.2 Å². The molecule has 0 saturated heterocycles. The summed E-state index contributed by atoms with van der Waals surface area (Å²) in [5, 5.41) is 0. The Balaban J connectivity index is 1.63. The van der Waals surface area contributed by atoms with Crippen LogP contribution >= 0.6 is 0 Å². The summed E-state index contributed by atoms with van der Waals surface area (Å²) in [5.41, 5.74) is 6.40. The van der Waals surface area contributed by atoms with E-state index in [9.17, 15) is 0 Å². The van der Waals surface area contributed by atoms with Crippen LogP contribution in [0, 0.1) is 0 Å². The third kappa shape index (κ3) is 3.93. The first kappa shape index (κ1) is 12.2. The number of nitrogens with zero attached hydrogens (tertiary/aromatic N) is 1. The van der Waals surface area contributed by atoms with Gasteiger partial charge >= 0.3 is 0 Å². The van der Waals surface area contributed by atoms with Gasteiger partial charge in [0.2, 0.25) is 0 Å². The molecule has 0 heterocycles. The summed E-state index contributed by atoms with van der Waals surface area (Å²) in [4.78, 5) is 2.55. The highest BCUT2D eigenvalue weighted by Crippen LogP contribution is 2.26. The van der Waals surface area contributed by atoms with Gasteiger partial charge in [-0.25, -0.2) is 0 Å². The van der Waals surface area contributed by atoms with Gasteiger partial charge in [0, 0.05) is 18.3 Å². The van der Waals surface area contributed by atoms with E-state index in [0.717, 1.165) is 43.6 Å². The second-order valence-electron chi connectivity index (χ2n) is 4.63. The number of rotatable bonds is 7. The smallest absolute Gasteiger partial charge is 0.119 e. The lowest BCUT2D eigenvalue weighted by Gasteiger charge is -2.19. The highest BCUT2D eigenvalue weighted by molar-refractivity contribution is 5.41. The Kier molecular flexibility index (Phi) is 4.26. The van der Waals surface area contributed by atoms with Crippen molar-refractivity contribution in [3.63, 3.8) is 0 Å². The van der Waals surface area contributed by atoms with Crippen LogP contribution in [0.4, 0.5) is 5.69 Å². The molecule has 1 aromatic carbocycles. The van der Waals surface area contributed by atoms with Crippen molar-refractivity contribution < 1.29 is 4.74 Å². The van der Waals surface area contributed by atoms with Crippen LogP contribution in [-0.2, 0) is 0 Å². The molecule has 1 fully saturated rings. The van der Waals surface area contributed by atoms with Gasteiger partial charge in [-0.15, -0.1) is 0 Å². The summed E-state index contributed by atoms with van der Waals surface area (Å²) in [6.07, 6.45) is 3.86. The molecule has 0 radical (unpaired) electrons. The third-order valence-electron chi connectivity index (χ3n) is 3.21. The van der Waals surface area contributed by atoms with Crippen molar-refractivity contribution in [1.29, 1.82) is 0 Å². The van der Waals surface area contributed by atoms with E-state index in [1.807, 2.05) is 24.3 Å². The van der Waals surface area contributed by atoms with Crippen molar-refractivity contribution in [2.45, 2.75) is 32.2 Å². The van der Waals surface area contributed by atoms with Gasteiger partial charge in [-0.2, -0.15) is 0 Å². The van der Waals surface area contributed by atoms with E-state index < -0.39 is 0 Å². The van der Waals surface area contributed by atoms with Crippen molar-refractivity contribution in [3.05, 3.63) is 24.3 Å². The molecule has 3 heteroatoms. The van der Waals surface area contributed by atoms with Gasteiger partial charge in [0.1, 0.15) is 5.75 Å². The summed E-state index contributed by atoms with van der Waals surface area (Å²) < 4.78 is 5.67. The zero-order valence-corrected chi connectivity index (χ0v) is 10.6. The molecule has 0 aromatic heterocycles. The van der Waals surface area contributed by atoms with E-state index in [1.54, 1.807) is 0 Å². The Morgan fingerprint density at radius 1 is 1.29 bits per heavy atom. The average Bonchev–Trinajstić information content (AvgIpc) is 3.16. The maximum Gasteiger partial charge on any atom is 0.119 e. The Bertz CT molecular complexity index is 333. The number of nitrogens with two attached hydrogens (primary N) is 1. The van der Waals surface area contributed by atoms with E-state index >= 15 is 0 Å². The number of benzene rings is 1. The predicted molar refractivity (Wildman–Crippen MR) is 71.2 cm³/mol. The van der Waals surface area contributed by atoms with Crippen molar-refractivity contribution >= 4 is 5.69 Å². The molecule has 2 rings (SSSR count). The van der Waals surface area contributed by atoms with E-state index in [2.05, 4.69) is 11.8 Å². The lowest BCUT2D eigenvalue weighted by atomic mass is 10.3. The maximum atomic E-state index is 5.67. The van der Waals surface area contributed by atoms with E-state index in [1.165, 1.54) is 12.8 Å². The molecular weight excluding hydrogens is 212 g/mol. The maximum absolute atomic E-state index is 5.67. The zero-order valence-electron chi connectivity index (χ0n) is 10.6. The van der Waals surface area contributed by atoms with E-state index in [0.29, 0.717) is 0 Å². The average molecular weight is 234 g/mol. The van der Waals surface area contributed by atoms with Crippen LogP contribution in [0.3, 0.4) is 0 Å². The number of anilines is 1. The minimum atomic E-state index is 0.781. The second kappa shape index (κ2) is 5.92. The topological polar surface area (TPSA) is 38.5 Å². The van der Waals surface area contributed by atoms with Crippen molar-refractivity contribution in [2.24, 2.45) is 0 Å². The van der Waals surface area contributed by atoms with Crippen LogP contribution in [0.2, 0.25) is 0 Å². The first-order valence-corrected chi connectivity index (χ1v) is 6.52. The Hall–Kier alpha value is -1.22. The SMILES string of the molecule is CCN(CCCOc1ccc(N)cc1)C1CC1. The Morgan fingerprint density at radius 3 is 2.59 bits per heavy atom. The molecular formula is C14H22N2O. The molecule has 1 aliphatic rings. The van der Waals surface area contributed by atoms with Crippen LogP contribution in [0.15, 0.2) is 24.3 Å². The minimum absolute atomic E-state index is 0.781. The molecule has 1 aromatic rings. The number of nitrogen functional groups attached to an aromatic ring is 1. The summed E-state index contributed by atoms with van der Waals surface area (Å²) >= 11 is 0. The number of ether oxygens (including phenoxy) is 1. The van der Waals surface area contributed by atoms with Gasteiger partial charge < -0.3 is 15.4 Å². The van der Waals surface area contributed by atoms with Crippen LogP contribution in [-0.4, -0.2) is 30.6 Å². The lowest BCUT2D eigenvalue weighted by Crippen LogP contribution is -2.27. The highest BCUT2D eigenvalue weighted by Gasteiger charge is 2.26. The van der Waals surface area contributed by atoms with Gasteiger partial charge in [-0.3, -0.25) is 0 Å². The van der Waals surface area contributed by atoms with Gasteiger partial charge in [0.05, 0.1) is 6.61 Å². The number of hydrogen-bond donors (Lipinski definition) is 1. The molecule has 0 spiro atoms. The molecule has 0 unspecified atom stereocenters. The summed E-state index contributed by atoms with van der Waals surface area (Å²) in [5.74, 6) is 0.911. The molecule has 3 nitrogen and oxygen atoms in total. The first-order chi connectivity index (χ1) is 8.29. The molecule has 17 heavy (non-hydrogen) atoms. The predicted octanol–water partition coefficient (Wildman–Crippen LogP) is 2.52. The van der Waals surface area contributed by atoms with Gasteiger partial charge in [-0.1, -0.05) is 6.92 Å². The minimum Gasteiger partial charge on any atom is -0.494 e. The number of hydrogen-bond acceptors (Lipinski definition) is 3. The normalized spacial score (nSPS) is 15.2. The van der Waals surface area contributed by atoms with Gasteiger partial charge in [0.15, 0.2) is 0 Å². The van der Waals surface area contributed by atoms with Crippen molar-refractivity contribution in [2.75, 3.05) is 25.4 Å². The summed E-state index contributed by atoms with van der Waals surface area (Å²) in [6, 6.07) is 8.45. The van der Waals surface area contributed by atoms with Crippen LogP contribution in [0.5, 0.6) is 5.75 Å². The molecule has 0 bridgehead atoms. The van der Waals surface area contributed by atoms with Crippen LogP contribution < -0.4 is 10.5 Å². The summed E-state index contributed by atoms with van der Waals surface area (Å²) in [6.45, 7) is 5.33. The molecule has 1 saturated carbocycles. The first-order valence-electron chi connectivity index (χ1n) is 6.52. The fraction of sp³-hybridized carbons (Fsp3) is 0.571. The molecule has 0 amide bonds. The van der Waals surface area contributed by atoms with Crippen molar-refractivity contribution in [3.8, 4) is 5.75 Å². The van der Waals surface area contributed by atoms with Crippen molar-refractivity contribution in [1.82, 2.24) is 4.90 Å². The lowest BCUT2D eigenvalue weighted by molar-refractivity contribution is 0.235. The Labute approximate surface area is 104 Å².